The van der Waals surface area contributed by atoms with Gasteiger partial charge in [0.2, 0.25) is 0 Å². The second kappa shape index (κ2) is 5.83. The summed E-state index contributed by atoms with van der Waals surface area (Å²) >= 11 is 0. The Balaban J connectivity index is 1.57. The number of likely N-dealkylation sites (N-methyl/N-ethyl adjacent to an activating group) is 1. The van der Waals surface area contributed by atoms with Crippen LogP contribution in [0.5, 0.6) is 5.75 Å². The molecule has 1 aromatic rings. The Morgan fingerprint density at radius 3 is 2.65 bits per heavy atom. The number of aromatic hydroxyl groups is 1. The zero-order valence-corrected chi connectivity index (χ0v) is 15.1. The smallest absolute Gasteiger partial charge is 0.327 e. The van der Waals surface area contributed by atoms with Gasteiger partial charge in [-0.15, -0.1) is 0 Å². The van der Waals surface area contributed by atoms with Crippen molar-refractivity contribution in [3.63, 3.8) is 0 Å². The van der Waals surface area contributed by atoms with Crippen LogP contribution in [0.1, 0.15) is 43.0 Å². The van der Waals surface area contributed by atoms with Gasteiger partial charge in [0.25, 0.3) is 5.91 Å². The van der Waals surface area contributed by atoms with E-state index in [0.717, 1.165) is 24.2 Å². The van der Waals surface area contributed by atoms with Crippen LogP contribution in [-0.2, 0) is 4.79 Å². The van der Waals surface area contributed by atoms with E-state index in [9.17, 15) is 19.5 Å². The second-order valence-electron chi connectivity index (χ2n) is 8.14. The number of hydrogen-bond acceptors (Lipinski definition) is 4. The summed E-state index contributed by atoms with van der Waals surface area (Å²) in [6.07, 6.45) is 4.49. The van der Waals surface area contributed by atoms with Crippen molar-refractivity contribution < 1.29 is 19.5 Å². The van der Waals surface area contributed by atoms with E-state index in [4.69, 9.17) is 0 Å². The van der Waals surface area contributed by atoms with E-state index >= 15 is 0 Å². The maximum atomic E-state index is 13.2. The molecule has 1 N–H and O–H groups in total. The quantitative estimate of drug-likeness (QED) is 0.665. The Labute approximate surface area is 152 Å². The number of urea groups is 1. The maximum absolute atomic E-state index is 13.2. The van der Waals surface area contributed by atoms with Crippen molar-refractivity contribution in [3.8, 4) is 5.75 Å². The molecule has 2 bridgehead atoms. The fourth-order valence-corrected chi connectivity index (χ4v) is 5.28. The zero-order chi connectivity index (χ0) is 18.6. The topological polar surface area (TPSA) is 77.9 Å². The fraction of sp³-hybridized carbons (Fsp3) is 0.550. The van der Waals surface area contributed by atoms with Gasteiger partial charge >= 0.3 is 6.03 Å². The summed E-state index contributed by atoms with van der Waals surface area (Å²) < 4.78 is 0. The number of carbonyl (C=O) groups is 3. The number of Topliss-reactive ketones (excluding diaryl/α,β-unsaturated/α-hetero) is 1. The molecular weight excluding hydrogens is 332 g/mol. The average Bonchev–Trinajstić information content (AvgIpc) is 3.30. The minimum Gasteiger partial charge on any atom is -0.508 e. The molecule has 0 aromatic heterocycles. The van der Waals surface area contributed by atoms with E-state index < -0.39 is 11.6 Å². The third kappa shape index (κ3) is 2.35. The molecular formula is C20H24N2O4. The van der Waals surface area contributed by atoms with E-state index in [1.54, 1.807) is 19.2 Å². The molecule has 1 saturated heterocycles. The first-order valence-electron chi connectivity index (χ1n) is 9.24. The molecule has 2 aliphatic carbocycles. The highest BCUT2D eigenvalue weighted by Crippen LogP contribution is 2.54. The van der Waals surface area contributed by atoms with Crippen molar-refractivity contribution in [2.75, 3.05) is 13.6 Å². The van der Waals surface area contributed by atoms with Gasteiger partial charge < -0.3 is 10.0 Å². The highest BCUT2D eigenvalue weighted by Gasteiger charge is 2.61. The largest absolute Gasteiger partial charge is 0.508 e. The molecule has 3 aliphatic rings. The summed E-state index contributed by atoms with van der Waals surface area (Å²) in [5, 5.41) is 9.55. The minimum atomic E-state index is -0.865. The van der Waals surface area contributed by atoms with Crippen molar-refractivity contribution in [3.05, 3.63) is 29.8 Å². The number of phenols is 1. The molecule has 3 fully saturated rings. The van der Waals surface area contributed by atoms with Gasteiger partial charge in [0.15, 0.2) is 5.78 Å². The van der Waals surface area contributed by atoms with Crippen LogP contribution < -0.4 is 0 Å². The van der Waals surface area contributed by atoms with Crippen molar-refractivity contribution in [1.29, 1.82) is 0 Å². The monoisotopic (exact) mass is 356 g/mol. The molecule has 0 spiro atoms. The number of carbonyl (C=O) groups excluding carboxylic acids is 3. The van der Waals surface area contributed by atoms with Gasteiger partial charge in [-0.25, -0.2) is 4.79 Å². The molecule has 2 saturated carbocycles. The van der Waals surface area contributed by atoms with Crippen LogP contribution in [0.2, 0.25) is 0 Å². The number of nitrogens with zero attached hydrogens (tertiary/aromatic N) is 2. The fourth-order valence-electron chi connectivity index (χ4n) is 5.28. The lowest BCUT2D eigenvalue weighted by atomic mass is 9.74. The molecule has 1 aliphatic heterocycles. The van der Waals surface area contributed by atoms with E-state index in [1.165, 1.54) is 23.5 Å². The van der Waals surface area contributed by atoms with Crippen LogP contribution in [-0.4, -0.2) is 51.8 Å². The predicted molar refractivity (Wildman–Crippen MR) is 94.7 cm³/mol. The third-order valence-electron chi connectivity index (χ3n) is 6.82. The average molecular weight is 356 g/mol. The number of ketones is 1. The number of amides is 3. The standard InChI is InChI=1S/C20H24N2O4/c1-20(16-9-12-6-7-13(16)8-12)18(25)22(19(26)21(20)2)11-17(24)14-4-3-5-15(23)10-14/h3-5,10,12-13,16,23H,6-9,11H2,1-2H3/t12-,13-,16+,20?/m0/s1. The second-order valence-corrected chi connectivity index (χ2v) is 8.14. The Morgan fingerprint density at radius 2 is 2.04 bits per heavy atom. The summed E-state index contributed by atoms with van der Waals surface area (Å²) in [7, 11) is 1.67. The van der Waals surface area contributed by atoms with Crippen LogP contribution in [0.25, 0.3) is 0 Å². The predicted octanol–water partition coefficient (Wildman–Crippen LogP) is 2.66. The first kappa shape index (κ1) is 17.1. The molecule has 1 heterocycles. The molecule has 4 atom stereocenters. The van der Waals surface area contributed by atoms with Crippen LogP contribution in [0, 0.1) is 17.8 Å². The maximum Gasteiger partial charge on any atom is 0.327 e. The van der Waals surface area contributed by atoms with Gasteiger partial charge in [-0.2, -0.15) is 0 Å². The van der Waals surface area contributed by atoms with Crippen molar-refractivity contribution in [1.82, 2.24) is 9.80 Å². The molecule has 6 heteroatoms. The summed E-state index contributed by atoms with van der Waals surface area (Å²) in [4.78, 5) is 41.1. The van der Waals surface area contributed by atoms with E-state index in [-0.39, 0.29) is 29.9 Å². The number of rotatable bonds is 4. The normalized spacial score (nSPS) is 33.4. The summed E-state index contributed by atoms with van der Waals surface area (Å²) in [6, 6.07) is 5.57. The highest BCUT2D eigenvalue weighted by atomic mass is 16.3. The SMILES string of the molecule is CN1C(=O)N(CC(=O)c2cccc(O)c2)C(=O)C1(C)[C@@H]1C[C@H]2CC[C@H]1C2. The Hall–Kier alpha value is -2.37. The first-order valence-corrected chi connectivity index (χ1v) is 9.24. The molecule has 3 amide bonds. The summed E-state index contributed by atoms with van der Waals surface area (Å²) in [5.74, 6) is 0.693. The van der Waals surface area contributed by atoms with Crippen LogP contribution in [0.4, 0.5) is 4.79 Å². The van der Waals surface area contributed by atoms with E-state index in [2.05, 4.69) is 0 Å². The molecule has 26 heavy (non-hydrogen) atoms. The molecule has 0 radical (unpaired) electrons. The van der Waals surface area contributed by atoms with Gasteiger partial charge in [-0.1, -0.05) is 18.6 Å². The van der Waals surface area contributed by atoms with Crippen molar-refractivity contribution in [2.45, 2.75) is 38.1 Å². The van der Waals surface area contributed by atoms with Crippen molar-refractivity contribution >= 4 is 17.7 Å². The number of imide groups is 1. The number of benzene rings is 1. The van der Waals surface area contributed by atoms with E-state index in [1.807, 2.05) is 6.92 Å². The van der Waals surface area contributed by atoms with Crippen molar-refractivity contribution in [2.24, 2.45) is 17.8 Å². The zero-order valence-electron chi connectivity index (χ0n) is 15.1. The minimum absolute atomic E-state index is 0.0149. The Morgan fingerprint density at radius 1 is 1.27 bits per heavy atom. The van der Waals surface area contributed by atoms with E-state index in [0.29, 0.717) is 17.4 Å². The lowest BCUT2D eigenvalue weighted by molar-refractivity contribution is -0.135. The number of phenolic OH excluding ortho intramolecular Hbond substituents is 1. The molecule has 138 valence electrons. The van der Waals surface area contributed by atoms with Gasteiger partial charge in [-0.05, 0) is 56.1 Å². The molecule has 4 rings (SSSR count). The van der Waals surface area contributed by atoms with Gasteiger partial charge in [0.05, 0.1) is 6.54 Å². The van der Waals surface area contributed by atoms with Gasteiger partial charge in [0.1, 0.15) is 11.3 Å². The highest BCUT2D eigenvalue weighted by molar-refractivity contribution is 6.11. The van der Waals surface area contributed by atoms with Crippen LogP contribution in [0.15, 0.2) is 24.3 Å². The number of fused-ring (bicyclic) bond motifs is 2. The molecule has 1 aromatic carbocycles. The van der Waals surface area contributed by atoms with Gasteiger partial charge in [-0.3, -0.25) is 14.5 Å². The van der Waals surface area contributed by atoms with Crippen LogP contribution >= 0.6 is 0 Å². The van der Waals surface area contributed by atoms with Gasteiger partial charge in [0, 0.05) is 12.6 Å². The third-order valence-corrected chi connectivity index (χ3v) is 6.82. The van der Waals surface area contributed by atoms with Crippen LogP contribution in [0.3, 0.4) is 0 Å². The number of hydrogen-bond donors (Lipinski definition) is 1. The summed E-state index contributed by atoms with van der Waals surface area (Å²) in [5.41, 5.74) is -0.572. The Kier molecular flexibility index (Phi) is 3.82. The molecule has 6 nitrogen and oxygen atoms in total. The Bertz CT molecular complexity index is 792. The molecule has 1 unspecified atom stereocenters. The summed E-state index contributed by atoms with van der Waals surface area (Å²) in [6.45, 7) is 1.57. The lowest BCUT2D eigenvalue weighted by Gasteiger charge is -2.39. The first-order chi connectivity index (χ1) is 12.3. The lowest BCUT2D eigenvalue weighted by Crippen LogP contribution is -2.53.